The smallest absolute Gasteiger partial charge is 0.319 e. The van der Waals surface area contributed by atoms with Crippen LogP contribution in [0.3, 0.4) is 0 Å². The lowest BCUT2D eigenvalue weighted by atomic mass is 10.3. The predicted octanol–water partition coefficient (Wildman–Crippen LogP) is 0.777. The molecule has 1 saturated heterocycles. The fourth-order valence-corrected chi connectivity index (χ4v) is 3.75. The molecule has 0 aromatic heterocycles. The average molecular weight is 232 g/mol. The predicted molar refractivity (Wildman–Crippen MR) is 56.1 cm³/mol. The molecule has 2 rings (SSSR count). The van der Waals surface area contributed by atoms with E-state index in [1.54, 1.807) is 0 Å². The van der Waals surface area contributed by atoms with Crippen molar-refractivity contribution >= 4 is 16.8 Å². The maximum Gasteiger partial charge on any atom is 0.319 e. The molecule has 86 valence electrons. The number of rotatable bonds is 5. The first kappa shape index (κ1) is 11.1. The third-order valence-corrected chi connectivity index (χ3v) is 4.80. The van der Waals surface area contributed by atoms with Crippen molar-refractivity contribution in [2.24, 2.45) is 5.92 Å². The first-order chi connectivity index (χ1) is 7.18. The molecule has 4 nitrogen and oxygen atoms in total. The lowest BCUT2D eigenvalue weighted by Gasteiger charge is -2.14. The molecule has 3 atom stereocenters. The van der Waals surface area contributed by atoms with Crippen LogP contribution < -0.4 is 0 Å². The van der Waals surface area contributed by atoms with Crippen molar-refractivity contribution in [3.05, 3.63) is 0 Å². The fourth-order valence-electron chi connectivity index (χ4n) is 1.99. The van der Waals surface area contributed by atoms with Gasteiger partial charge >= 0.3 is 5.97 Å². The minimum Gasteiger partial charge on any atom is -0.480 e. The topological polar surface area (TPSA) is 63.6 Å². The Bertz CT molecular complexity index is 269. The zero-order chi connectivity index (χ0) is 10.8. The highest BCUT2D eigenvalue weighted by Gasteiger charge is 2.41. The van der Waals surface area contributed by atoms with Gasteiger partial charge in [-0.05, 0) is 31.6 Å². The summed E-state index contributed by atoms with van der Waals surface area (Å²) < 4.78 is 17.2. The van der Waals surface area contributed by atoms with Crippen molar-refractivity contribution in [1.82, 2.24) is 0 Å². The Hall–Kier alpha value is -0.420. The number of hydrogen-bond acceptors (Lipinski definition) is 3. The van der Waals surface area contributed by atoms with Crippen LogP contribution in [0, 0.1) is 5.92 Å². The molecule has 0 radical (unpaired) electrons. The molecule has 1 heterocycles. The molecule has 3 unspecified atom stereocenters. The van der Waals surface area contributed by atoms with Gasteiger partial charge in [0, 0.05) is 17.4 Å². The van der Waals surface area contributed by atoms with Crippen molar-refractivity contribution in [2.75, 3.05) is 12.4 Å². The van der Waals surface area contributed by atoms with Crippen LogP contribution in [-0.2, 0) is 20.3 Å². The number of carboxylic acid groups (broad SMARTS) is 1. The van der Waals surface area contributed by atoms with Gasteiger partial charge in [-0.3, -0.25) is 9.00 Å². The Kier molecular flexibility index (Phi) is 3.41. The van der Waals surface area contributed by atoms with Gasteiger partial charge in [-0.15, -0.1) is 0 Å². The summed E-state index contributed by atoms with van der Waals surface area (Å²) in [5.74, 6) is -0.369. The van der Waals surface area contributed by atoms with E-state index in [1.807, 2.05) is 0 Å². The second-order valence-corrected chi connectivity index (χ2v) is 5.88. The summed E-state index contributed by atoms with van der Waals surface area (Å²) in [6.07, 6.45) is 3.76. The van der Waals surface area contributed by atoms with Crippen molar-refractivity contribution in [3.8, 4) is 0 Å². The molecule has 0 spiro atoms. The molecular formula is C10H16O4S. The van der Waals surface area contributed by atoms with Gasteiger partial charge in [0.2, 0.25) is 0 Å². The maximum absolute atomic E-state index is 11.9. The van der Waals surface area contributed by atoms with Gasteiger partial charge in [-0.2, -0.15) is 0 Å². The molecule has 1 saturated carbocycles. The Labute approximate surface area is 91.5 Å². The zero-order valence-corrected chi connectivity index (χ0v) is 9.37. The molecule has 0 amide bonds. The highest BCUT2D eigenvalue weighted by atomic mass is 32.2. The summed E-state index contributed by atoms with van der Waals surface area (Å²) in [7, 11) is -1.27. The van der Waals surface area contributed by atoms with E-state index in [1.165, 1.54) is 0 Å². The first-order valence-corrected chi connectivity index (χ1v) is 6.78. The van der Waals surface area contributed by atoms with Gasteiger partial charge in [0.05, 0.1) is 11.9 Å². The van der Waals surface area contributed by atoms with Gasteiger partial charge in [0.1, 0.15) is 5.25 Å². The highest BCUT2D eigenvalue weighted by Crippen LogP contribution is 2.36. The number of carbonyl (C=O) groups is 1. The number of ether oxygens (including phenoxy) is 1. The van der Waals surface area contributed by atoms with Gasteiger partial charge in [-0.25, -0.2) is 0 Å². The van der Waals surface area contributed by atoms with Crippen LogP contribution in [0.25, 0.3) is 0 Å². The SMILES string of the molecule is O=C(O)C(C1CC1)S(=O)CC1CCCO1. The van der Waals surface area contributed by atoms with Crippen LogP contribution >= 0.6 is 0 Å². The van der Waals surface area contributed by atoms with Crippen LogP contribution in [0.15, 0.2) is 0 Å². The molecule has 15 heavy (non-hydrogen) atoms. The third-order valence-electron chi connectivity index (χ3n) is 2.95. The van der Waals surface area contributed by atoms with Crippen LogP contribution in [0.4, 0.5) is 0 Å². The van der Waals surface area contributed by atoms with Crippen LogP contribution in [0.2, 0.25) is 0 Å². The molecule has 0 aromatic carbocycles. The Morgan fingerprint density at radius 3 is 2.67 bits per heavy atom. The average Bonchev–Trinajstić information content (AvgIpc) is 2.83. The lowest BCUT2D eigenvalue weighted by Crippen LogP contribution is -2.32. The number of aliphatic carboxylic acids is 1. The molecule has 1 aliphatic heterocycles. The van der Waals surface area contributed by atoms with E-state index in [9.17, 15) is 9.00 Å². The lowest BCUT2D eigenvalue weighted by molar-refractivity contribution is -0.136. The summed E-state index contributed by atoms with van der Waals surface area (Å²) in [5, 5.41) is 8.34. The Balaban J connectivity index is 1.89. The van der Waals surface area contributed by atoms with Crippen molar-refractivity contribution < 1.29 is 18.8 Å². The minimum absolute atomic E-state index is 0.0198. The summed E-state index contributed by atoms with van der Waals surface area (Å²) in [4.78, 5) is 11.0. The van der Waals surface area contributed by atoms with E-state index in [0.29, 0.717) is 5.75 Å². The van der Waals surface area contributed by atoms with Gasteiger partial charge in [-0.1, -0.05) is 0 Å². The van der Waals surface area contributed by atoms with E-state index >= 15 is 0 Å². The standard InChI is InChI=1S/C10H16O4S/c11-10(12)9(7-3-4-7)15(13)6-8-2-1-5-14-8/h7-9H,1-6H2,(H,11,12). The first-order valence-electron chi connectivity index (χ1n) is 5.40. The molecule has 0 bridgehead atoms. The zero-order valence-electron chi connectivity index (χ0n) is 8.55. The summed E-state index contributed by atoms with van der Waals surface area (Å²) in [6.45, 7) is 0.725. The second kappa shape index (κ2) is 4.61. The van der Waals surface area contributed by atoms with Gasteiger partial charge < -0.3 is 9.84 Å². The van der Waals surface area contributed by atoms with E-state index < -0.39 is 22.0 Å². The van der Waals surface area contributed by atoms with E-state index in [-0.39, 0.29) is 12.0 Å². The normalized spacial score (nSPS) is 30.0. The Morgan fingerprint density at radius 1 is 1.47 bits per heavy atom. The summed E-state index contributed by atoms with van der Waals surface area (Å²) in [5.41, 5.74) is 0. The second-order valence-electron chi connectivity index (χ2n) is 4.28. The molecule has 1 aliphatic carbocycles. The number of carboxylic acids is 1. The fraction of sp³-hybridized carbons (Fsp3) is 0.900. The molecule has 1 N–H and O–H groups in total. The van der Waals surface area contributed by atoms with Crippen LogP contribution in [0.1, 0.15) is 25.7 Å². The third kappa shape index (κ3) is 2.78. The summed E-state index contributed by atoms with van der Waals surface area (Å²) >= 11 is 0. The summed E-state index contributed by atoms with van der Waals surface area (Å²) in [6, 6.07) is 0. The maximum atomic E-state index is 11.9. The van der Waals surface area contributed by atoms with Crippen molar-refractivity contribution in [3.63, 3.8) is 0 Å². The van der Waals surface area contributed by atoms with E-state index in [0.717, 1.165) is 32.3 Å². The minimum atomic E-state index is -1.27. The highest BCUT2D eigenvalue weighted by molar-refractivity contribution is 7.86. The quantitative estimate of drug-likeness (QED) is 0.760. The Morgan fingerprint density at radius 2 is 2.20 bits per heavy atom. The van der Waals surface area contributed by atoms with Crippen molar-refractivity contribution in [2.45, 2.75) is 37.0 Å². The van der Waals surface area contributed by atoms with Crippen LogP contribution in [0.5, 0.6) is 0 Å². The van der Waals surface area contributed by atoms with E-state index in [2.05, 4.69) is 0 Å². The van der Waals surface area contributed by atoms with Crippen LogP contribution in [-0.4, -0.2) is 39.0 Å². The van der Waals surface area contributed by atoms with Gasteiger partial charge in [0.15, 0.2) is 0 Å². The van der Waals surface area contributed by atoms with Crippen molar-refractivity contribution in [1.29, 1.82) is 0 Å². The molecule has 2 aliphatic rings. The molecule has 0 aromatic rings. The molecule has 5 heteroatoms. The number of hydrogen-bond donors (Lipinski definition) is 1. The monoisotopic (exact) mass is 232 g/mol. The molecule has 2 fully saturated rings. The largest absolute Gasteiger partial charge is 0.480 e. The van der Waals surface area contributed by atoms with E-state index in [4.69, 9.17) is 9.84 Å². The van der Waals surface area contributed by atoms with Gasteiger partial charge in [0.25, 0.3) is 0 Å². The molecular weight excluding hydrogens is 216 g/mol.